The van der Waals surface area contributed by atoms with Crippen LogP contribution in [0.3, 0.4) is 0 Å². The number of Topliss-reactive ketones (excluding diaryl/α,β-unsaturated/α-hetero) is 2. The van der Waals surface area contributed by atoms with Crippen molar-refractivity contribution in [3.63, 3.8) is 0 Å². The number of carbonyl (C=O) groups is 2. The lowest BCUT2D eigenvalue weighted by atomic mass is 9.87. The molecule has 0 fully saturated rings. The lowest BCUT2D eigenvalue weighted by Gasteiger charge is -2.14. The van der Waals surface area contributed by atoms with Gasteiger partial charge in [0.2, 0.25) is 5.78 Å². The second-order valence-electron chi connectivity index (χ2n) is 3.36. The molecular formula is C11H6N2O2. The van der Waals surface area contributed by atoms with Crippen molar-refractivity contribution in [1.29, 1.82) is 0 Å². The molecule has 1 aliphatic heterocycles. The molecule has 1 aliphatic carbocycles. The predicted molar refractivity (Wildman–Crippen MR) is 54.6 cm³/mol. The quantitative estimate of drug-likeness (QED) is 0.575. The van der Waals surface area contributed by atoms with E-state index in [0.717, 1.165) is 5.56 Å². The van der Waals surface area contributed by atoms with Crippen LogP contribution in [-0.4, -0.2) is 29.7 Å². The van der Waals surface area contributed by atoms with E-state index in [0.29, 0.717) is 11.3 Å². The van der Waals surface area contributed by atoms with E-state index in [4.69, 9.17) is 0 Å². The molecule has 1 heterocycles. The van der Waals surface area contributed by atoms with E-state index in [9.17, 15) is 9.59 Å². The van der Waals surface area contributed by atoms with Gasteiger partial charge in [-0.3, -0.25) is 19.6 Å². The summed E-state index contributed by atoms with van der Waals surface area (Å²) in [7, 11) is 0. The van der Waals surface area contributed by atoms with E-state index in [-0.39, 0.29) is 12.4 Å². The molecule has 2 aliphatic rings. The number of benzene rings is 1. The molecular weight excluding hydrogens is 192 g/mol. The third kappa shape index (κ3) is 0.958. The zero-order valence-corrected chi connectivity index (χ0v) is 7.73. The molecule has 4 heteroatoms. The van der Waals surface area contributed by atoms with Crippen LogP contribution >= 0.6 is 0 Å². The maximum absolute atomic E-state index is 11.7. The molecule has 72 valence electrons. The lowest BCUT2D eigenvalue weighted by Crippen LogP contribution is -2.36. The second kappa shape index (κ2) is 2.70. The van der Waals surface area contributed by atoms with Crippen molar-refractivity contribution >= 4 is 23.0 Å². The highest BCUT2D eigenvalue weighted by Gasteiger charge is 2.36. The van der Waals surface area contributed by atoms with E-state index in [2.05, 4.69) is 9.98 Å². The first kappa shape index (κ1) is 8.23. The van der Waals surface area contributed by atoms with Gasteiger partial charge in [0.25, 0.3) is 5.78 Å². The van der Waals surface area contributed by atoms with E-state index >= 15 is 0 Å². The van der Waals surface area contributed by atoms with Crippen molar-refractivity contribution in [3.8, 4) is 0 Å². The zero-order chi connectivity index (χ0) is 10.4. The summed E-state index contributed by atoms with van der Waals surface area (Å²) in [4.78, 5) is 31.3. The molecule has 0 N–H and O–H groups in total. The topological polar surface area (TPSA) is 58.9 Å². The first-order valence-electron chi connectivity index (χ1n) is 4.57. The summed E-state index contributed by atoms with van der Waals surface area (Å²) >= 11 is 0. The Morgan fingerprint density at radius 1 is 0.867 bits per heavy atom. The largest absolute Gasteiger partial charge is 0.285 e. The number of rotatable bonds is 0. The minimum atomic E-state index is -0.537. The Morgan fingerprint density at radius 2 is 1.53 bits per heavy atom. The molecule has 15 heavy (non-hydrogen) atoms. The minimum Gasteiger partial charge on any atom is -0.285 e. The van der Waals surface area contributed by atoms with Crippen LogP contribution < -0.4 is 0 Å². The van der Waals surface area contributed by atoms with Crippen LogP contribution in [0.4, 0.5) is 0 Å². The molecule has 0 aromatic heterocycles. The molecule has 1 aromatic carbocycles. The summed E-state index contributed by atoms with van der Waals surface area (Å²) in [6.07, 6.45) is 0. The summed E-state index contributed by atoms with van der Waals surface area (Å²) < 4.78 is 0. The molecule has 0 bridgehead atoms. The van der Waals surface area contributed by atoms with Gasteiger partial charge in [0, 0.05) is 11.1 Å². The average molecular weight is 198 g/mol. The summed E-state index contributed by atoms with van der Waals surface area (Å²) in [5, 5.41) is 0. The molecule has 0 saturated heterocycles. The van der Waals surface area contributed by atoms with Crippen molar-refractivity contribution in [2.24, 2.45) is 9.98 Å². The first-order chi connectivity index (χ1) is 7.29. The number of fused-ring (bicyclic) bond motifs is 3. The van der Waals surface area contributed by atoms with Crippen LogP contribution in [0.2, 0.25) is 0 Å². The number of carbonyl (C=O) groups excluding carboxylic acids is 2. The summed E-state index contributed by atoms with van der Waals surface area (Å²) in [6, 6.07) is 6.99. The van der Waals surface area contributed by atoms with Gasteiger partial charge in [0.05, 0.1) is 5.71 Å². The van der Waals surface area contributed by atoms with Gasteiger partial charge in [-0.15, -0.1) is 0 Å². The molecule has 0 saturated carbocycles. The molecule has 0 atom stereocenters. The number of aliphatic imine (C=N–C) groups is 2. The summed E-state index contributed by atoms with van der Waals surface area (Å²) in [5.41, 5.74) is 1.94. The van der Waals surface area contributed by atoms with E-state index in [1.54, 1.807) is 18.2 Å². The van der Waals surface area contributed by atoms with E-state index < -0.39 is 11.6 Å². The maximum Gasteiger partial charge on any atom is 0.253 e. The third-order valence-corrected chi connectivity index (χ3v) is 2.53. The molecule has 0 amide bonds. The number of ketones is 2. The fraction of sp³-hybridized carbons (Fsp3) is 0.0909. The van der Waals surface area contributed by atoms with Crippen LogP contribution in [0, 0.1) is 0 Å². The number of hydrogen-bond donors (Lipinski definition) is 0. The Kier molecular flexibility index (Phi) is 1.48. The highest BCUT2D eigenvalue weighted by molar-refractivity contribution is 6.87. The van der Waals surface area contributed by atoms with Crippen LogP contribution in [0.15, 0.2) is 34.3 Å². The van der Waals surface area contributed by atoms with Crippen LogP contribution in [-0.2, 0) is 4.79 Å². The van der Waals surface area contributed by atoms with Crippen molar-refractivity contribution in [2.45, 2.75) is 0 Å². The monoisotopic (exact) mass is 198 g/mol. The summed E-state index contributed by atoms with van der Waals surface area (Å²) in [6.45, 7) is 0.248. The van der Waals surface area contributed by atoms with Crippen molar-refractivity contribution < 1.29 is 9.59 Å². The lowest BCUT2D eigenvalue weighted by molar-refractivity contribution is -0.109. The molecule has 0 unspecified atom stereocenters. The standard InChI is InChI=1S/C11H6N2O2/c14-10-7-4-2-1-3-6(7)8-9(11(10)15)13-5-12-8/h1-4H,5H2. The SMILES string of the molecule is O=C1C(=O)c2ccccc2C2=NCN=C12. The van der Waals surface area contributed by atoms with Gasteiger partial charge in [-0.2, -0.15) is 0 Å². The fourth-order valence-corrected chi connectivity index (χ4v) is 1.84. The first-order valence-corrected chi connectivity index (χ1v) is 4.57. The predicted octanol–water partition coefficient (Wildman–Crippen LogP) is 0.653. The Morgan fingerprint density at radius 3 is 2.33 bits per heavy atom. The highest BCUT2D eigenvalue weighted by Crippen LogP contribution is 2.20. The minimum absolute atomic E-state index is 0.221. The number of hydrogen-bond acceptors (Lipinski definition) is 4. The molecule has 1 aromatic rings. The molecule has 4 nitrogen and oxygen atoms in total. The van der Waals surface area contributed by atoms with Gasteiger partial charge in [0.1, 0.15) is 12.4 Å². The van der Waals surface area contributed by atoms with Crippen molar-refractivity contribution in [3.05, 3.63) is 35.4 Å². The molecule has 3 rings (SSSR count). The zero-order valence-electron chi connectivity index (χ0n) is 7.73. The Labute approximate surface area is 85.4 Å². The van der Waals surface area contributed by atoms with Gasteiger partial charge in [0.15, 0.2) is 0 Å². The van der Waals surface area contributed by atoms with E-state index in [1.165, 1.54) is 0 Å². The van der Waals surface area contributed by atoms with Crippen molar-refractivity contribution in [2.75, 3.05) is 6.67 Å². The normalized spacial score (nSPS) is 18.1. The van der Waals surface area contributed by atoms with Crippen LogP contribution in [0.5, 0.6) is 0 Å². The van der Waals surface area contributed by atoms with Gasteiger partial charge < -0.3 is 0 Å². The van der Waals surface area contributed by atoms with Crippen LogP contribution in [0.25, 0.3) is 0 Å². The van der Waals surface area contributed by atoms with Gasteiger partial charge in [-0.05, 0) is 0 Å². The van der Waals surface area contributed by atoms with Crippen molar-refractivity contribution in [1.82, 2.24) is 0 Å². The van der Waals surface area contributed by atoms with Gasteiger partial charge in [-0.25, -0.2) is 0 Å². The Bertz CT molecular complexity index is 555. The van der Waals surface area contributed by atoms with E-state index in [1.807, 2.05) is 6.07 Å². The maximum atomic E-state index is 11.7. The second-order valence-corrected chi connectivity index (χ2v) is 3.36. The Hall–Kier alpha value is -2.10. The number of nitrogens with zero attached hydrogens (tertiary/aromatic N) is 2. The van der Waals surface area contributed by atoms with Gasteiger partial charge in [-0.1, -0.05) is 24.3 Å². The molecule has 0 radical (unpaired) electrons. The Balaban J connectivity index is 2.35. The third-order valence-electron chi connectivity index (χ3n) is 2.53. The molecule has 0 spiro atoms. The average Bonchev–Trinajstić information content (AvgIpc) is 2.75. The van der Waals surface area contributed by atoms with Gasteiger partial charge >= 0.3 is 0 Å². The summed E-state index contributed by atoms with van der Waals surface area (Å²) in [5.74, 6) is -1.02. The van der Waals surface area contributed by atoms with Crippen LogP contribution in [0.1, 0.15) is 15.9 Å². The highest BCUT2D eigenvalue weighted by atomic mass is 16.2. The fourth-order valence-electron chi connectivity index (χ4n) is 1.84. The smallest absolute Gasteiger partial charge is 0.253 e.